The van der Waals surface area contributed by atoms with Crippen LogP contribution in [0.15, 0.2) is 0 Å². The van der Waals surface area contributed by atoms with Crippen LogP contribution in [0, 0.1) is 0 Å². The molecule has 0 bridgehead atoms. The summed E-state index contributed by atoms with van der Waals surface area (Å²) >= 11 is 0. The molecular formula is C5H10NNaO3P+. The van der Waals surface area contributed by atoms with E-state index in [9.17, 15) is 14.3 Å². The van der Waals surface area contributed by atoms with Crippen LogP contribution in [0.4, 0.5) is 4.79 Å². The fourth-order valence-corrected chi connectivity index (χ4v) is 1.12. The molecule has 0 fully saturated rings. The Bertz CT molecular complexity index is 149. The summed E-state index contributed by atoms with van der Waals surface area (Å²) < 4.78 is 10.1. The smallest absolute Gasteiger partial charge is 0.587 e. The standard InChI is InChI=1S/C5H10NO3P.Na/c1-3-6(4-2)5(7)10(8)9;/h3-4H2,1-2H3;/q;+1. The normalized spacial score (nSPS) is 9.91. The number of hydrogen-bond acceptors (Lipinski definition) is 3. The van der Waals surface area contributed by atoms with E-state index in [1.54, 1.807) is 13.8 Å². The molecule has 1 amide bonds. The minimum absolute atomic E-state index is 0. The fourth-order valence-electron chi connectivity index (χ4n) is 0.610. The largest absolute Gasteiger partial charge is 1.00 e. The van der Waals surface area contributed by atoms with Crippen molar-refractivity contribution in [2.45, 2.75) is 13.8 Å². The monoisotopic (exact) mass is 186 g/mol. The van der Waals surface area contributed by atoms with Crippen LogP contribution in [0.2, 0.25) is 0 Å². The maximum Gasteiger partial charge on any atom is 1.00 e. The quantitative estimate of drug-likeness (QED) is 0.363. The summed E-state index contributed by atoms with van der Waals surface area (Å²) in [4.78, 5) is 22.0. The second kappa shape index (κ2) is 7.19. The van der Waals surface area contributed by atoms with Crippen molar-refractivity contribution in [1.82, 2.24) is 4.90 Å². The van der Waals surface area contributed by atoms with Crippen LogP contribution in [-0.2, 0) is 4.57 Å². The van der Waals surface area contributed by atoms with Gasteiger partial charge >= 0.3 is 43.2 Å². The van der Waals surface area contributed by atoms with Gasteiger partial charge in [0.2, 0.25) is 0 Å². The molecule has 4 nitrogen and oxygen atoms in total. The van der Waals surface area contributed by atoms with Crippen molar-refractivity contribution in [3.63, 3.8) is 0 Å². The second-order valence-corrected chi connectivity index (χ2v) is 2.61. The third kappa shape index (κ3) is 4.88. The van der Waals surface area contributed by atoms with Gasteiger partial charge in [-0.15, -0.1) is 0 Å². The Morgan fingerprint density at radius 1 is 1.45 bits per heavy atom. The Morgan fingerprint density at radius 2 is 1.82 bits per heavy atom. The van der Waals surface area contributed by atoms with Crippen molar-refractivity contribution in [3.8, 4) is 0 Å². The summed E-state index contributed by atoms with van der Waals surface area (Å²) in [7, 11) is -2.93. The van der Waals surface area contributed by atoms with E-state index in [2.05, 4.69) is 0 Å². The Balaban J connectivity index is 0. The van der Waals surface area contributed by atoms with Gasteiger partial charge in [-0.2, -0.15) is 0 Å². The first-order valence-corrected chi connectivity index (χ1v) is 4.24. The van der Waals surface area contributed by atoms with Crippen LogP contribution in [-0.4, -0.2) is 23.6 Å². The average Bonchev–Trinajstić information content (AvgIpc) is 1.90. The van der Waals surface area contributed by atoms with Crippen molar-refractivity contribution in [1.29, 1.82) is 0 Å². The van der Waals surface area contributed by atoms with Gasteiger partial charge in [-0.3, -0.25) is 0 Å². The Labute approximate surface area is 89.1 Å². The third-order valence-corrected chi connectivity index (χ3v) is 1.79. The molecule has 0 aliphatic carbocycles. The Kier molecular flexibility index (Phi) is 9.21. The van der Waals surface area contributed by atoms with Gasteiger partial charge < -0.3 is 9.79 Å². The minimum Gasteiger partial charge on any atom is -0.587 e. The zero-order chi connectivity index (χ0) is 8.15. The summed E-state index contributed by atoms with van der Waals surface area (Å²) in [6.07, 6.45) is 0. The summed E-state index contributed by atoms with van der Waals surface area (Å²) in [5, 5.41) is 0. The molecular weight excluding hydrogens is 176 g/mol. The van der Waals surface area contributed by atoms with Crippen molar-refractivity contribution in [2.24, 2.45) is 0 Å². The molecule has 0 aromatic carbocycles. The maximum absolute atomic E-state index is 10.6. The first-order valence-electron chi connectivity index (χ1n) is 3.06. The van der Waals surface area contributed by atoms with Gasteiger partial charge in [0.1, 0.15) is 0 Å². The average molecular weight is 186 g/mol. The van der Waals surface area contributed by atoms with Gasteiger partial charge in [0.25, 0.3) is 0 Å². The van der Waals surface area contributed by atoms with E-state index < -0.39 is 13.7 Å². The number of nitrogens with zero attached hydrogens (tertiary/aromatic N) is 1. The van der Waals surface area contributed by atoms with Crippen molar-refractivity contribution >= 4 is 13.7 Å². The maximum atomic E-state index is 10.6. The molecule has 0 radical (unpaired) electrons. The van der Waals surface area contributed by atoms with Crippen molar-refractivity contribution in [3.05, 3.63) is 0 Å². The molecule has 0 N–H and O–H groups in total. The van der Waals surface area contributed by atoms with Crippen LogP contribution in [0.1, 0.15) is 13.8 Å². The number of hydrogen-bond donors (Lipinski definition) is 0. The van der Waals surface area contributed by atoms with Crippen molar-refractivity contribution < 1.29 is 43.8 Å². The zero-order valence-corrected chi connectivity index (χ0v) is 9.93. The van der Waals surface area contributed by atoms with Gasteiger partial charge in [-0.25, -0.2) is 4.79 Å². The number of rotatable bonds is 3. The molecule has 0 rings (SSSR count). The summed E-state index contributed by atoms with van der Waals surface area (Å²) in [6.45, 7) is 4.36. The number of carbonyl (C=O) groups is 1. The molecule has 0 saturated heterocycles. The van der Waals surface area contributed by atoms with Crippen LogP contribution < -0.4 is 34.5 Å². The molecule has 11 heavy (non-hydrogen) atoms. The number of carbonyl (C=O) groups excluding carboxylic acids is 1. The molecule has 0 heterocycles. The second-order valence-electron chi connectivity index (χ2n) is 1.71. The van der Waals surface area contributed by atoms with E-state index in [4.69, 9.17) is 0 Å². The van der Waals surface area contributed by atoms with E-state index in [0.717, 1.165) is 0 Å². The van der Waals surface area contributed by atoms with E-state index in [-0.39, 0.29) is 29.6 Å². The van der Waals surface area contributed by atoms with Crippen LogP contribution in [0.25, 0.3) is 0 Å². The van der Waals surface area contributed by atoms with E-state index >= 15 is 0 Å². The van der Waals surface area contributed by atoms with Crippen molar-refractivity contribution in [2.75, 3.05) is 13.1 Å². The van der Waals surface area contributed by atoms with Gasteiger partial charge in [0, 0.05) is 13.1 Å². The zero-order valence-electron chi connectivity index (χ0n) is 7.03. The predicted molar refractivity (Wildman–Crippen MR) is 35.9 cm³/mol. The third-order valence-electron chi connectivity index (χ3n) is 1.19. The molecule has 1 atom stereocenters. The first kappa shape index (κ1) is 14.1. The molecule has 58 valence electrons. The summed E-state index contributed by atoms with van der Waals surface area (Å²) in [5.74, 6) is 0. The molecule has 0 aromatic heterocycles. The summed E-state index contributed by atoms with van der Waals surface area (Å²) in [6, 6.07) is 0. The van der Waals surface area contributed by atoms with Gasteiger partial charge in [-0.05, 0) is 13.8 Å². The predicted octanol–water partition coefficient (Wildman–Crippen LogP) is -2.45. The summed E-state index contributed by atoms with van der Waals surface area (Å²) in [5.41, 5.74) is -0.792. The molecule has 0 aromatic rings. The van der Waals surface area contributed by atoms with Crippen LogP contribution >= 0.6 is 8.03 Å². The Morgan fingerprint density at radius 3 is 1.91 bits per heavy atom. The van der Waals surface area contributed by atoms with Gasteiger partial charge in [0.15, 0.2) is 0 Å². The van der Waals surface area contributed by atoms with Crippen LogP contribution in [0.5, 0.6) is 0 Å². The molecule has 0 aliphatic rings. The number of amides is 1. The van der Waals surface area contributed by atoms with E-state index in [1.165, 1.54) is 4.90 Å². The first-order chi connectivity index (χ1) is 4.63. The SMILES string of the molecule is CCN(CC)C(=O)[P+](=O)[O-].[Na+]. The minimum atomic E-state index is -2.93. The van der Waals surface area contributed by atoms with Gasteiger partial charge in [-0.1, -0.05) is 4.57 Å². The van der Waals surface area contributed by atoms with E-state index in [0.29, 0.717) is 13.1 Å². The Hall–Kier alpha value is 0.530. The molecule has 0 saturated carbocycles. The molecule has 0 spiro atoms. The molecule has 6 heteroatoms. The molecule has 1 unspecified atom stereocenters. The van der Waals surface area contributed by atoms with Crippen LogP contribution in [0.3, 0.4) is 0 Å². The fraction of sp³-hybridized carbons (Fsp3) is 0.800. The van der Waals surface area contributed by atoms with Gasteiger partial charge in [0.05, 0.1) is 0 Å². The molecule has 0 aliphatic heterocycles. The topological polar surface area (TPSA) is 60.4 Å². The van der Waals surface area contributed by atoms with E-state index in [1.807, 2.05) is 0 Å².